The van der Waals surface area contributed by atoms with Gasteiger partial charge in [0.15, 0.2) is 5.82 Å². The van der Waals surface area contributed by atoms with Gasteiger partial charge in [-0.1, -0.05) is 18.2 Å². The van der Waals surface area contributed by atoms with Crippen LogP contribution in [0.3, 0.4) is 0 Å². The van der Waals surface area contributed by atoms with Crippen LogP contribution in [0.25, 0.3) is 5.69 Å². The normalized spacial score (nSPS) is 11.3. The summed E-state index contributed by atoms with van der Waals surface area (Å²) in [5, 5.41) is 6.91. The standard InChI is InChI=1S/C25H23FN4O3S/c1-17-15-18(2)30(28-17)24-14-11-20(16-23(24)26)27-25(31)19-9-12-22(13-10-19)34(32,33)29(3)21-7-5-4-6-8-21/h4-16H,1-3H3,(H,27,31). The van der Waals surface area contributed by atoms with E-state index in [9.17, 15) is 17.6 Å². The topological polar surface area (TPSA) is 84.3 Å². The second kappa shape index (κ2) is 9.11. The van der Waals surface area contributed by atoms with Gasteiger partial charge in [-0.2, -0.15) is 5.10 Å². The number of hydrogen-bond acceptors (Lipinski definition) is 4. The Balaban J connectivity index is 1.50. The molecule has 1 heterocycles. The molecule has 0 aliphatic carbocycles. The Kier molecular flexibility index (Phi) is 6.21. The van der Waals surface area contributed by atoms with Crippen LogP contribution in [-0.4, -0.2) is 31.2 Å². The van der Waals surface area contributed by atoms with Crippen LogP contribution in [0.5, 0.6) is 0 Å². The molecule has 0 fully saturated rings. The molecular formula is C25H23FN4O3S. The molecule has 0 saturated heterocycles. The van der Waals surface area contributed by atoms with E-state index in [1.54, 1.807) is 42.5 Å². The first-order valence-electron chi connectivity index (χ1n) is 10.5. The van der Waals surface area contributed by atoms with Crippen molar-refractivity contribution >= 4 is 27.3 Å². The number of benzene rings is 3. The van der Waals surface area contributed by atoms with Crippen LogP contribution >= 0.6 is 0 Å². The fourth-order valence-electron chi connectivity index (χ4n) is 3.55. The molecule has 3 aromatic carbocycles. The number of aromatic nitrogens is 2. The zero-order valence-corrected chi connectivity index (χ0v) is 19.7. The number of sulfonamides is 1. The van der Waals surface area contributed by atoms with E-state index in [-0.39, 0.29) is 21.8 Å². The highest BCUT2D eigenvalue weighted by Gasteiger charge is 2.21. The largest absolute Gasteiger partial charge is 0.322 e. The summed E-state index contributed by atoms with van der Waals surface area (Å²) >= 11 is 0. The van der Waals surface area contributed by atoms with Gasteiger partial charge in [0, 0.05) is 24.0 Å². The van der Waals surface area contributed by atoms with Crippen molar-refractivity contribution in [3.05, 3.63) is 102 Å². The number of para-hydroxylation sites is 1. The Morgan fingerprint density at radius 2 is 1.65 bits per heavy atom. The average Bonchev–Trinajstić information content (AvgIpc) is 3.16. The Morgan fingerprint density at radius 1 is 0.971 bits per heavy atom. The van der Waals surface area contributed by atoms with Crippen molar-refractivity contribution in [2.75, 3.05) is 16.7 Å². The molecular weight excluding hydrogens is 455 g/mol. The first-order chi connectivity index (χ1) is 16.2. The molecule has 0 aliphatic rings. The molecule has 9 heteroatoms. The fraction of sp³-hybridized carbons (Fsp3) is 0.120. The highest BCUT2D eigenvalue weighted by molar-refractivity contribution is 7.92. The third-order valence-corrected chi connectivity index (χ3v) is 7.14. The highest BCUT2D eigenvalue weighted by Crippen LogP contribution is 2.23. The van der Waals surface area contributed by atoms with E-state index in [1.807, 2.05) is 19.9 Å². The van der Waals surface area contributed by atoms with Crippen LogP contribution in [0.1, 0.15) is 21.7 Å². The van der Waals surface area contributed by atoms with Gasteiger partial charge in [-0.25, -0.2) is 17.5 Å². The SMILES string of the molecule is Cc1cc(C)n(-c2ccc(NC(=O)c3ccc(S(=O)(=O)N(C)c4ccccc4)cc3)cc2F)n1. The molecule has 0 radical (unpaired) electrons. The van der Waals surface area contributed by atoms with E-state index >= 15 is 0 Å². The van der Waals surface area contributed by atoms with E-state index < -0.39 is 21.7 Å². The lowest BCUT2D eigenvalue weighted by molar-refractivity contribution is 0.102. The Labute approximate surface area is 197 Å². The second-order valence-electron chi connectivity index (χ2n) is 7.79. The van der Waals surface area contributed by atoms with Crippen LogP contribution in [0.2, 0.25) is 0 Å². The summed E-state index contributed by atoms with van der Waals surface area (Å²) in [5.41, 5.74) is 2.88. The minimum atomic E-state index is -3.79. The number of carbonyl (C=O) groups excluding carboxylic acids is 1. The maximum atomic E-state index is 14.7. The maximum absolute atomic E-state index is 14.7. The smallest absolute Gasteiger partial charge is 0.264 e. The summed E-state index contributed by atoms with van der Waals surface area (Å²) < 4.78 is 43.2. The van der Waals surface area contributed by atoms with Gasteiger partial charge < -0.3 is 5.32 Å². The lowest BCUT2D eigenvalue weighted by Crippen LogP contribution is -2.26. The lowest BCUT2D eigenvalue weighted by Gasteiger charge is -2.19. The Bertz CT molecular complexity index is 1450. The van der Waals surface area contributed by atoms with Crippen LogP contribution in [0, 0.1) is 19.7 Å². The van der Waals surface area contributed by atoms with Gasteiger partial charge in [0.25, 0.3) is 15.9 Å². The van der Waals surface area contributed by atoms with Crippen LogP contribution < -0.4 is 9.62 Å². The molecule has 0 atom stereocenters. The van der Waals surface area contributed by atoms with Gasteiger partial charge in [-0.3, -0.25) is 9.10 Å². The number of nitrogens with zero attached hydrogens (tertiary/aromatic N) is 3. The molecule has 7 nitrogen and oxygen atoms in total. The molecule has 0 bridgehead atoms. The fourth-order valence-corrected chi connectivity index (χ4v) is 4.74. The number of rotatable bonds is 6. The number of carbonyl (C=O) groups is 1. The summed E-state index contributed by atoms with van der Waals surface area (Å²) in [4.78, 5) is 12.7. The summed E-state index contributed by atoms with van der Waals surface area (Å²) in [5.74, 6) is -1.02. The number of halogens is 1. The van der Waals surface area contributed by atoms with Gasteiger partial charge in [-0.15, -0.1) is 0 Å². The zero-order chi connectivity index (χ0) is 24.5. The van der Waals surface area contributed by atoms with E-state index in [4.69, 9.17) is 0 Å². The van der Waals surface area contributed by atoms with E-state index in [0.29, 0.717) is 5.69 Å². The minimum absolute atomic E-state index is 0.0516. The van der Waals surface area contributed by atoms with Crippen molar-refractivity contribution < 1.29 is 17.6 Å². The first kappa shape index (κ1) is 23.2. The Hall–Kier alpha value is -3.98. The number of nitrogens with one attached hydrogen (secondary N) is 1. The average molecular weight is 479 g/mol. The van der Waals surface area contributed by atoms with Crippen molar-refractivity contribution in [3.63, 3.8) is 0 Å². The Morgan fingerprint density at radius 3 is 2.24 bits per heavy atom. The van der Waals surface area contributed by atoms with Crippen molar-refractivity contribution in [1.29, 1.82) is 0 Å². The molecule has 0 spiro atoms. The molecule has 4 rings (SSSR count). The summed E-state index contributed by atoms with van der Waals surface area (Å²) in [6, 6.07) is 20.5. The molecule has 4 aromatic rings. The lowest BCUT2D eigenvalue weighted by atomic mass is 10.2. The molecule has 0 saturated carbocycles. The molecule has 0 unspecified atom stereocenters. The van der Waals surface area contributed by atoms with Crippen molar-refractivity contribution in [2.24, 2.45) is 0 Å². The van der Waals surface area contributed by atoms with Gasteiger partial charge in [-0.05, 0) is 74.5 Å². The van der Waals surface area contributed by atoms with Crippen molar-refractivity contribution in [2.45, 2.75) is 18.7 Å². The van der Waals surface area contributed by atoms with Crippen LogP contribution in [0.4, 0.5) is 15.8 Å². The van der Waals surface area contributed by atoms with Crippen LogP contribution in [-0.2, 0) is 10.0 Å². The van der Waals surface area contributed by atoms with E-state index in [1.165, 1.54) is 46.4 Å². The van der Waals surface area contributed by atoms with Gasteiger partial charge in [0.05, 0.1) is 16.3 Å². The molecule has 174 valence electrons. The quantitative estimate of drug-likeness (QED) is 0.435. The number of hydrogen-bond donors (Lipinski definition) is 1. The number of amides is 1. The number of anilines is 2. The van der Waals surface area contributed by atoms with Crippen LogP contribution in [0.15, 0.2) is 83.8 Å². The second-order valence-corrected chi connectivity index (χ2v) is 9.76. The molecule has 1 aromatic heterocycles. The monoisotopic (exact) mass is 478 g/mol. The highest BCUT2D eigenvalue weighted by atomic mass is 32.2. The molecule has 1 amide bonds. The molecule has 1 N–H and O–H groups in total. The maximum Gasteiger partial charge on any atom is 0.264 e. The van der Waals surface area contributed by atoms with E-state index in [0.717, 1.165) is 11.4 Å². The zero-order valence-electron chi connectivity index (χ0n) is 18.9. The minimum Gasteiger partial charge on any atom is -0.322 e. The predicted octanol–water partition coefficient (Wildman–Crippen LogP) is 4.71. The van der Waals surface area contributed by atoms with Crippen molar-refractivity contribution in [1.82, 2.24) is 9.78 Å². The van der Waals surface area contributed by atoms with Crippen molar-refractivity contribution in [3.8, 4) is 5.69 Å². The van der Waals surface area contributed by atoms with Gasteiger partial charge in [0.2, 0.25) is 0 Å². The van der Waals surface area contributed by atoms with Gasteiger partial charge >= 0.3 is 0 Å². The first-order valence-corrected chi connectivity index (χ1v) is 11.9. The summed E-state index contributed by atoms with van der Waals surface area (Å²) in [6.07, 6.45) is 0. The summed E-state index contributed by atoms with van der Waals surface area (Å²) in [7, 11) is -2.32. The molecule has 34 heavy (non-hydrogen) atoms. The summed E-state index contributed by atoms with van der Waals surface area (Å²) in [6.45, 7) is 3.66. The third kappa shape index (κ3) is 4.55. The predicted molar refractivity (Wildman–Crippen MR) is 129 cm³/mol. The third-order valence-electron chi connectivity index (χ3n) is 5.34. The van der Waals surface area contributed by atoms with E-state index in [2.05, 4.69) is 10.4 Å². The van der Waals surface area contributed by atoms with Gasteiger partial charge in [0.1, 0.15) is 5.69 Å². The molecule has 0 aliphatic heterocycles. The number of aryl methyl sites for hydroxylation is 2.